The molecule has 1 N–H and O–H groups in total. The monoisotopic (exact) mass is 448 g/mol. The molecule has 2 heterocycles. The molecular formula is C26H29FN4O2. The van der Waals surface area contributed by atoms with Crippen molar-refractivity contribution in [2.75, 3.05) is 6.54 Å². The van der Waals surface area contributed by atoms with E-state index >= 15 is 0 Å². The highest BCUT2D eigenvalue weighted by atomic mass is 19.1. The van der Waals surface area contributed by atoms with Gasteiger partial charge in [0.25, 0.3) is 0 Å². The lowest BCUT2D eigenvalue weighted by molar-refractivity contribution is -0.144. The number of likely N-dealkylation sites (tertiary alicyclic amines) is 1. The molecule has 5 rings (SSSR count). The fourth-order valence-corrected chi connectivity index (χ4v) is 5.23. The van der Waals surface area contributed by atoms with Gasteiger partial charge >= 0.3 is 0 Å². The number of carbonyl (C=O) groups excluding carboxylic acids is 1. The molecule has 2 fully saturated rings. The zero-order valence-electron chi connectivity index (χ0n) is 18.6. The highest BCUT2D eigenvalue weighted by Crippen LogP contribution is 2.38. The molecule has 3 atom stereocenters. The van der Waals surface area contributed by atoms with Crippen LogP contribution in [0.3, 0.4) is 0 Å². The average molecular weight is 449 g/mol. The topological polar surface area (TPSA) is 71.2 Å². The lowest BCUT2D eigenvalue weighted by Gasteiger charge is -2.44. The molecule has 0 spiro atoms. The van der Waals surface area contributed by atoms with Gasteiger partial charge in [-0.1, -0.05) is 54.8 Å². The molecule has 7 heteroatoms. The Hall–Kier alpha value is -3.06. The number of aromatic nitrogens is 3. The zero-order valence-corrected chi connectivity index (χ0v) is 18.6. The van der Waals surface area contributed by atoms with Crippen LogP contribution < -0.4 is 0 Å². The van der Waals surface area contributed by atoms with Gasteiger partial charge in [-0.05, 0) is 42.7 Å². The highest BCUT2D eigenvalue weighted by Gasteiger charge is 2.41. The maximum absolute atomic E-state index is 13.6. The Bertz CT molecular complexity index is 1080. The van der Waals surface area contributed by atoms with E-state index in [2.05, 4.69) is 10.3 Å². The Labute approximate surface area is 193 Å². The van der Waals surface area contributed by atoms with Crippen LogP contribution in [-0.2, 0) is 4.79 Å². The summed E-state index contributed by atoms with van der Waals surface area (Å²) in [5.41, 5.74) is 2.41. The average Bonchev–Trinajstić information content (AvgIpc) is 3.35. The SMILES string of the molecule is O=C(C1CCCCC1)N1C[C@H](n2cc(-c3ccc(F)cc3)nn2)[C@@H](O)C[C@@H]1c1ccccc1. The molecule has 3 aromatic rings. The fourth-order valence-electron chi connectivity index (χ4n) is 5.23. The molecule has 1 aliphatic heterocycles. The Balaban J connectivity index is 1.43. The van der Waals surface area contributed by atoms with E-state index in [1.165, 1.54) is 18.6 Å². The van der Waals surface area contributed by atoms with Gasteiger partial charge in [0.2, 0.25) is 5.91 Å². The number of nitrogens with zero attached hydrogens (tertiary/aromatic N) is 4. The summed E-state index contributed by atoms with van der Waals surface area (Å²) in [5.74, 6) is -0.0802. The van der Waals surface area contributed by atoms with E-state index in [9.17, 15) is 14.3 Å². The molecule has 1 amide bonds. The van der Waals surface area contributed by atoms with Gasteiger partial charge in [-0.3, -0.25) is 4.79 Å². The number of rotatable bonds is 4. The predicted molar refractivity (Wildman–Crippen MR) is 123 cm³/mol. The number of hydrogen-bond acceptors (Lipinski definition) is 4. The van der Waals surface area contributed by atoms with Crippen LogP contribution in [0, 0.1) is 11.7 Å². The number of aliphatic hydroxyl groups excluding tert-OH is 1. The largest absolute Gasteiger partial charge is 0.391 e. The van der Waals surface area contributed by atoms with Gasteiger partial charge in [0.15, 0.2) is 0 Å². The second-order valence-electron chi connectivity index (χ2n) is 9.21. The van der Waals surface area contributed by atoms with Crippen LogP contribution >= 0.6 is 0 Å². The van der Waals surface area contributed by atoms with Gasteiger partial charge in [-0.15, -0.1) is 5.10 Å². The van der Waals surface area contributed by atoms with Crippen LogP contribution in [0.2, 0.25) is 0 Å². The van der Waals surface area contributed by atoms with E-state index in [0.717, 1.165) is 36.8 Å². The molecule has 2 aliphatic rings. The van der Waals surface area contributed by atoms with Crippen LogP contribution in [0.25, 0.3) is 11.3 Å². The number of amides is 1. The maximum Gasteiger partial charge on any atom is 0.226 e. The van der Waals surface area contributed by atoms with Gasteiger partial charge < -0.3 is 10.0 Å². The van der Waals surface area contributed by atoms with Gasteiger partial charge in [0.05, 0.1) is 24.4 Å². The molecule has 0 bridgehead atoms. The molecule has 1 saturated heterocycles. The summed E-state index contributed by atoms with van der Waals surface area (Å²) in [6, 6.07) is 15.5. The summed E-state index contributed by atoms with van der Waals surface area (Å²) >= 11 is 0. The third-order valence-corrected chi connectivity index (χ3v) is 7.08. The van der Waals surface area contributed by atoms with E-state index in [1.54, 1.807) is 23.0 Å². The van der Waals surface area contributed by atoms with Crippen molar-refractivity contribution in [3.05, 3.63) is 72.2 Å². The molecule has 1 saturated carbocycles. The van der Waals surface area contributed by atoms with Crippen molar-refractivity contribution in [2.45, 2.75) is 56.7 Å². The van der Waals surface area contributed by atoms with Gasteiger partial charge in [-0.25, -0.2) is 9.07 Å². The van der Waals surface area contributed by atoms with Crippen LogP contribution in [0.15, 0.2) is 60.8 Å². The summed E-state index contributed by atoms with van der Waals surface area (Å²) in [6.07, 6.45) is 6.79. The van der Waals surface area contributed by atoms with E-state index in [0.29, 0.717) is 18.7 Å². The number of hydrogen-bond donors (Lipinski definition) is 1. The molecular weight excluding hydrogens is 419 g/mol. The van der Waals surface area contributed by atoms with Crippen molar-refractivity contribution < 1.29 is 14.3 Å². The van der Waals surface area contributed by atoms with Crippen LogP contribution in [0.4, 0.5) is 4.39 Å². The van der Waals surface area contributed by atoms with E-state index in [-0.39, 0.29) is 29.7 Å². The maximum atomic E-state index is 13.6. The van der Waals surface area contributed by atoms with Crippen molar-refractivity contribution in [1.82, 2.24) is 19.9 Å². The molecule has 33 heavy (non-hydrogen) atoms. The predicted octanol–water partition coefficient (Wildman–Crippen LogP) is 4.54. The van der Waals surface area contributed by atoms with Crippen molar-refractivity contribution >= 4 is 5.91 Å². The second-order valence-corrected chi connectivity index (χ2v) is 9.21. The first-order chi connectivity index (χ1) is 16.1. The molecule has 0 unspecified atom stereocenters. The summed E-state index contributed by atoms with van der Waals surface area (Å²) in [7, 11) is 0. The van der Waals surface area contributed by atoms with Crippen molar-refractivity contribution in [3.63, 3.8) is 0 Å². The number of halogens is 1. The van der Waals surface area contributed by atoms with Crippen molar-refractivity contribution in [1.29, 1.82) is 0 Å². The second kappa shape index (κ2) is 9.43. The molecule has 6 nitrogen and oxygen atoms in total. The number of benzene rings is 2. The Morgan fingerprint density at radius 1 is 1.00 bits per heavy atom. The minimum atomic E-state index is -0.673. The zero-order chi connectivity index (χ0) is 22.8. The lowest BCUT2D eigenvalue weighted by Crippen LogP contribution is -2.50. The third-order valence-electron chi connectivity index (χ3n) is 7.08. The Morgan fingerprint density at radius 3 is 2.45 bits per heavy atom. The normalized spacial score (nSPS) is 24.1. The fraction of sp³-hybridized carbons (Fsp3) is 0.423. The smallest absolute Gasteiger partial charge is 0.226 e. The minimum absolute atomic E-state index is 0.0476. The summed E-state index contributed by atoms with van der Waals surface area (Å²) in [4.78, 5) is 15.6. The molecule has 0 radical (unpaired) electrons. The Morgan fingerprint density at radius 2 is 1.73 bits per heavy atom. The van der Waals surface area contributed by atoms with Gasteiger partial charge in [0, 0.05) is 24.4 Å². The van der Waals surface area contributed by atoms with E-state index in [1.807, 2.05) is 35.2 Å². The van der Waals surface area contributed by atoms with Crippen LogP contribution in [-0.4, -0.2) is 43.6 Å². The molecule has 1 aromatic heterocycles. The van der Waals surface area contributed by atoms with Crippen molar-refractivity contribution in [3.8, 4) is 11.3 Å². The van der Waals surface area contributed by atoms with E-state index < -0.39 is 6.10 Å². The van der Waals surface area contributed by atoms with Crippen molar-refractivity contribution in [2.24, 2.45) is 5.92 Å². The quantitative estimate of drug-likeness (QED) is 0.636. The van der Waals surface area contributed by atoms with E-state index in [4.69, 9.17) is 0 Å². The van der Waals surface area contributed by atoms with Crippen LogP contribution in [0.1, 0.15) is 56.2 Å². The number of piperidine rings is 1. The van der Waals surface area contributed by atoms with Crippen LogP contribution in [0.5, 0.6) is 0 Å². The number of aliphatic hydroxyl groups is 1. The first-order valence-corrected chi connectivity index (χ1v) is 11.8. The first-order valence-electron chi connectivity index (χ1n) is 11.8. The highest BCUT2D eigenvalue weighted by molar-refractivity contribution is 5.79. The summed E-state index contributed by atoms with van der Waals surface area (Å²) < 4.78 is 14.9. The molecule has 2 aromatic carbocycles. The molecule has 1 aliphatic carbocycles. The number of carbonyl (C=O) groups is 1. The first kappa shape index (κ1) is 21.8. The lowest BCUT2D eigenvalue weighted by atomic mass is 9.85. The third kappa shape index (κ3) is 4.55. The minimum Gasteiger partial charge on any atom is -0.391 e. The van der Waals surface area contributed by atoms with Gasteiger partial charge in [-0.2, -0.15) is 0 Å². The summed E-state index contributed by atoms with van der Waals surface area (Å²) in [5, 5.41) is 19.6. The van der Waals surface area contributed by atoms with Gasteiger partial charge in [0.1, 0.15) is 11.5 Å². The Kier molecular flexibility index (Phi) is 6.22. The summed E-state index contributed by atoms with van der Waals surface area (Å²) in [6.45, 7) is 0.377. The standard InChI is InChI=1S/C26H29FN4O2/c27-21-13-11-18(12-14-21)22-16-31(29-28-22)24-17-30(26(33)20-9-5-2-6-10-20)23(15-25(24)32)19-7-3-1-4-8-19/h1,3-4,7-8,11-14,16,20,23-25,32H,2,5-6,9-10,15,17H2/t23-,24+,25+/m1/s1. The molecule has 172 valence electrons.